The van der Waals surface area contributed by atoms with Crippen LogP contribution in [0.3, 0.4) is 0 Å². The van der Waals surface area contributed by atoms with Gasteiger partial charge in [-0.2, -0.15) is 0 Å². The van der Waals surface area contributed by atoms with E-state index in [-0.39, 0.29) is 44.3 Å². The fraction of sp³-hybridized carbons (Fsp3) is 0.488. The molecule has 0 radical (unpaired) electrons. The van der Waals surface area contributed by atoms with Gasteiger partial charge in [0.2, 0.25) is 15.7 Å². The second kappa shape index (κ2) is 16.3. The summed E-state index contributed by atoms with van der Waals surface area (Å²) in [7, 11) is -2.65. The first-order valence-electron chi connectivity index (χ1n) is 19.7. The summed E-state index contributed by atoms with van der Waals surface area (Å²) in [5.41, 5.74) is 1.27. The van der Waals surface area contributed by atoms with Crippen LogP contribution < -0.4 is 15.5 Å². The average molecular weight is 790 g/mol. The summed E-state index contributed by atoms with van der Waals surface area (Å²) >= 11 is 0. The van der Waals surface area contributed by atoms with Crippen LogP contribution in [0, 0.1) is 28.9 Å². The van der Waals surface area contributed by atoms with E-state index in [0.29, 0.717) is 24.5 Å². The summed E-state index contributed by atoms with van der Waals surface area (Å²) in [6.07, 6.45) is 6.54. The molecule has 3 saturated heterocycles. The number of alkyl carbamates (subject to hydrolysis) is 1. The van der Waals surface area contributed by atoms with Crippen molar-refractivity contribution in [2.24, 2.45) is 17.3 Å². The molecule has 1 unspecified atom stereocenters. The molecule has 1 saturated carbocycles. The highest BCUT2D eigenvalue weighted by molar-refractivity contribution is 7.91. The summed E-state index contributed by atoms with van der Waals surface area (Å²) in [6.45, 7) is 12.4. The number of carbonyl (C=O) groups excluding carboxylic acids is 2. The predicted molar refractivity (Wildman–Crippen MR) is 212 cm³/mol. The quantitative estimate of drug-likeness (QED) is 0.186. The summed E-state index contributed by atoms with van der Waals surface area (Å²) in [6, 6.07) is 17.0. The third-order valence-electron chi connectivity index (χ3n) is 12.7. The Labute approximate surface area is 329 Å². The molecule has 10 nitrogen and oxygen atoms in total. The number of hydrogen-bond donors (Lipinski definition) is 2. The SMILES string of the molecule is C=CC(=O)Nc1cccc(S(=O)(=O)c2ccc(N3CC(C)(CN4CCC(C(CN5CCC5)(c5cccc(F)c5)[C@H]5CCC[C@@H]5NC(=O)OC)CC4)C3)c(F)c2)c1. The zero-order valence-corrected chi connectivity index (χ0v) is 33.1. The molecule has 7 rings (SSSR count). The first kappa shape index (κ1) is 39.9. The highest BCUT2D eigenvalue weighted by Gasteiger charge is 2.53. The first-order chi connectivity index (χ1) is 26.8. The molecule has 13 heteroatoms. The smallest absolute Gasteiger partial charge is 0.407 e. The van der Waals surface area contributed by atoms with Gasteiger partial charge in [-0.3, -0.25) is 4.79 Å². The molecular weight excluding hydrogens is 737 g/mol. The van der Waals surface area contributed by atoms with Gasteiger partial charge >= 0.3 is 6.09 Å². The van der Waals surface area contributed by atoms with E-state index in [1.165, 1.54) is 43.5 Å². The monoisotopic (exact) mass is 789 g/mol. The molecule has 0 aromatic heterocycles. The summed E-state index contributed by atoms with van der Waals surface area (Å²) in [4.78, 5) is 31.0. The Bertz CT molecular complexity index is 2050. The maximum Gasteiger partial charge on any atom is 0.407 e. The van der Waals surface area contributed by atoms with Crippen LogP contribution in [0.5, 0.6) is 0 Å². The van der Waals surface area contributed by atoms with E-state index < -0.39 is 27.7 Å². The van der Waals surface area contributed by atoms with Crippen LogP contribution in [0.2, 0.25) is 0 Å². The number of anilines is 2. The summed E-state index contributed by atoms with van der Waals surface area (Å²) in [5, 5.41) is 5.72. The largest absolute Gasteiger partial charge is 0.453 e. The van der Waals surface area contributed by atoms with Gasteiger partial charge in [0.05, 0.1) is 22.6 Å². The van der Waals surface area contributed by atoms with Crippen molar-refractivity contribution >= 4 is 33.2 Å². The van der Waals surface area contributed by atoms with Crippen LogP contribution in [0.15, 0.2) is 89.2 Å². The second-order valence-corrected chi connectivity index (χ2v) is 18.5. The molecule has 56 heavy (non-hydrogen) atoms. The highest BCUT2D eigenvalue weighted by Crippen LogP contribution is 2.52. The number of halogens is 2. The number of nitrogens with zero attached hydrogens (tertiary/aromatic N) is 3. The number of amides is 2. The van der Waals surface area contributed by atoms with Gasteiger partial charge in [-0.1, -0.05) is 38.1 Å². The van der Waals surface area contributed by atoms with E-state index in [1.807, 2.05) is 11.0 Å². The Morgan fingerprint density at radius 3 is 2.32 bits per heavy atom. The maximum atomic E-state index is 15.6. The van der Waals surface area contributed by atoms with Gasteiger partial charge in [0.15, 0.2) is 0 Å². The molecular formula is C43H53F2N5O5S. The fourth-order valence-corrected chi connectivity index (χ4v) is 11.3. The number of benzene rings is 3. The highest BCUT2D eigenvalue weighted by atomic mass is 32.2. The van der Waals surface area contributed by atoms with Crippen LogP contribution in [0.25, 0.3) is 0 Å². The van der Waals surface area contributed by atoms with Crippen LogP contribution in [-0.4, -0.2) is 95.7 Å². The van der Waals surface area contributed by atoms with E-state index in [2.05, 4.69) is 40.0 Å². The Kier molecular flexibility index (Phi) is 11.6. The van der Waals surface area contributed by atoms with Gasteiger partial charge in [-0.15, -0.1) is 0 Å². The third kappa shape index (κ3) is 8.08. The molecule has 3 heterocycles. The molecule has 3 aromatic rings. The van der Waals surface area contributed by atoms with Crippen molar-refractivity contribution in [2.75, 3.05) is 69.7 Å². The van der Waals surface area contributed by atoms with Gasteiger partial charge in [0.1, 0.15) is 11.6 Å². The first-order valence-corrected chi connectivity index (χ1v) is 21.2. The van der Waals surface area contributed by atoms with E-state index in [9.17, 15) is 18.0 Å². The summed E-state index contributed by atoms with van der Waals surface area (Å²) < 4.78 is 62.5. The Morgan fingerprint density at radius 1 is 0.929 bits per heavy atom. The van der Waals surface area contributed by atoms with Crippen molar-refractivity contribution in [3.63, 3.8) is 0 Å². The van der Waals surface area contributed by atoms with Gasteiger partial charge in [-0.25, -0.2) is 22.0 Å². The Balaban J connectivity index is 1.03. The topological polar surface area (TPSA) is 111 Å². The number of rotatable bonds is 13. The molecule has 2 amide bonds. The molecule has 0 spiro atoms. The lowest BCUT2D eigenvalue weighted by atomic mass is 9.57. The van der Waals surface area contributed by atoms with Crippen LogP contribution in [0.4, 0.5) is 25.0 Å². The van der Waals surface area contributed by atoms with Crippen LogP contribution in [-0.2, 0) is 24.8 Å². The molecule has 3 aromatic carbocycles. The fourth-order valence-electron chi connectivity index (χ4n) is 10.0. The number of carbonyl (C=O) groups is 2. The van der Waals surface area contributed by atoms with Crippen molar-refractivity contribution in [1.82, 2.24) is 15.1 Å². The van der Waals surface area contributed by atoms with Gasteiger partial charge in [-0.05, 0) is 130 Å². The Hall–Kier alpha value is -4.33. The van der Waals surface area contributed by atoms with Crippen LogP contribution in [0.1, 0.15) is 51.0 Å². The van der Waals surface area contributed by atoms with E-state index in [1.54, 1.807) is 12.1 Å². The lowest BCUT2D eigenvalue weighted by molar-refractivity contribution is -0.111. The number of piperidine rings is 1. The van der Waals surface area contributed by atoms with E-state index >= 15 is 8.78 Å². The average Bonchev–Trinajstić information content (AvgIpc) is 3.62. The minimum Gasteiger partial charge on any atom is -0.453 e. The van der Waals surface area contributed by atoms with Crippen LogP contribution >= 0.6 is 0 Å². The standard InChI is InChI=1S/C43H53F2N5O5S/c1-4-40(51)46-33-11-6-12-34(24-33)56(53,54)35-15-16-39(37(45)25-35)50-27-42(2,28-50)26-49-21-17-30(18-22-49)43(29-48-19-8-20-48,31-9-5-10-32(44)23-31)36-13-7-14-38(36)47-41(52)55-3/h4-6,9-12,15-16,23-25,30,36,38H,1,7-8,13-14,17-22,26-29H2,2-3H3,(H,46,51)(H,47,52)/t36-,38-,43?/m0/s1. The molecule has 1 aliphatic carbocycles. The Morgan fingerprint density at radius 2 is 1.66 bits per heavy atom. The molecule has 3 aliphatic heterocycles. The molecule has 4 fully saturated rings. The normalized spacial score (nSPS) is 22.7. The molecule has 0 bridgehead atoms. The summed E-state index contributed by atoms with van der Waals surface area (Å²) in [5.74, 6) is -0.878. The van der Waals surface area contributed by atoms with Gasteiger partial charge in [0.25, 0.3) is 0 Å². The second-order valence-electron chi connectivity index (χ2n) is 16.5. The number of likely N-dealkylation sites (tertiary alicyclic amines) is 2. The van der Waals surface area contributed by atoms with Gasteiger partial charge < -0.3 is 30.1 Å². The zero-order chi connectivity index (χ0) is 39.7. The lowest BCUT2D eigenvalue weighted by Gasteiger charge is -2.55. The molecule has 2 N–H and O–H groups in total. The molecule has 4 aliphatic rings. The molecule has 300 valence electrons. The van der Waals surface area contributed by atoms with Crippen molar-refractivity contribution < 1.29 is 31.5 Å². The number of ether oxygens (including phenoxy) is 1. The van der Waals surface area contributed by atoms with Gasteiger partial charge in [0, 0.05) is 48.7 Å². The maximum absolute atomic E-state index is 15.6. The van der Waals surface area contributed by atoms with Crippen molar-refractivity contribution in [3.8, 4) is 0 Å². The number of hydrogen-bond acceptors (Lipinski definition) is 8. The van der Waals surface area contributed by atoms with E-state index in [4.69, 9.17) is 4.74 Å². The molecule has 3 atom stereocenters. The third-order valence-corrected chi connectivity index (χ3v) is 14.4. The van der Waals surface area contributed by atoms with Crippen molar-refractivity contribution in [3.05, 3.63) is 96.6 Å². The number of nitrogens with one attached hydrogen (secondary N) is 2. The number of methoxy groups -OCH3 is 1. The van der Waals surface area contributed by atoms with Crippen molar-refractivity contribution in [2.45, 2.75) is 66.7 Å². The predicted octanol–water partition coefficient (Wildman–Crippen LogP) is 6.63. The van der Waals surface area contributed by atoms with E-state index in [0.717, 1.165) is 95.5 Å². The number of sulfone groups is 1. The zero-order valence-electron chi connectivity index (χ0n) is 32.3. The minimum atomic E-state index is -4.04. The van der Waals surface area contributed by atoms with Crippen molar-refractivity contribution in [1.29, 1.82) is 0 Å². The lowest BCUT2D eigenvalue weighted by Crippen LogP contribution is -2.62. The minimum absolute atomic E-state index is 0.0534.